The second kappa shape index (κ2) is 7.79. The molecule has 24 heavy (non-hydrogen) atoms. The third-order valence-corrected chi connectivity index (χ3v) is 3.49. The number of amides is 2. The third kappa shape index (κ3) is 4.23. The number of hydrogen-bond donors (Lipinski definition) is 1. The number of halogens is 1. The van der Waals surface area contributed by atoms with Crippen molar-refractivity contribution in [3.63, 3.8) is 0 Å². The summed E-state index contributed by atoms with van der Waals surface area (Å²) in [5.74, 6) is -0.174. The summed E-state index contributed by atoms with van der Waals surface area (Å²) in [7, 11) is 3.31. The van der Waals surface area contributed by atoms with Gasteiger partial charge in [-0.25, -0.2) is 4.98 Å². The summed E-state index contributed by atoms with van der Waals surface area (Å²) in [6, 6.07) is 7.85. The first-order chi connectivity index (χ1) is 11.4. The van der Waals surface area contributed by atoms with Crippen LogP contribution in [0.3, 0.4) is 0 Å². The van der Waals surface area contributed by atoms with E-state index in [-0.39, 0.29) is 11.8 Å². The summed E-state index contributed by atoms with van der Waals surface area (Å²) < 4.78 is 5.28. The van der Waals surface area contributed by atoms with E-state index in [1.54, 1.807) is 44.4 Å². The number of carbonyl (C=O) groups is 2. The van der Waals surface area contributed by atoms with Crippen molar-refractivity contribution >= 4 is 29.1 Å². The fraction of sp³-hybridized carbons (Fsp3) is 0.235. The van der Waals surface area contributed by atoms with E-state index in [2.05, 4.69) is 10.3 Å². The van der Waals surface area contributed by atoms with Gasteiger partial charge >= 0.3 is 0 Å². The normalized spacial score (nSPS) is 10.2. The maximum absolute atomic E-state index is 12.4. The Kier molecular flexibility index (Phi) is 5.76. The number of aromatic nitrogens is 1. The minimum absolute atomic E-state index is 0.176. The monoisotopic (exact) mass is 347 g/mol. The lowest BCUT2D eigenvalue weighted by Gasteiger charge is -2.13. The predicted molar refractivity (Wildman–Crippen MR) is 92.8 cm³/mol. The average molecular weight is 348 g/mol. The Labute approximate surface area is 145 Å². The van der Waals surface area contributed by atoms with Gasteiger partial charge in [0.15, 0.2) is 0 Å². The minimum atomic E-state index is -0.366. The van der Waals surface area contributed by atoms with Crippen LogP contribution in [0.2, 0.25) is 5.02 Å². The highest BCUT2D eigenvalue weighted by molar-refractivity contribution is 6.34. The first-order valence-corrected chi connectivity index (χ1v) is 7.71. The summed E-state index contributed by atoms with van der Waals surface area (Å²) in [5.41, 5.74) is 1.18. The molecule has 0 saturated heterocycles. The Morgan fingerprint density at radius 1 is 1.21 bits per heavy atom. The molecule has 0 aliphatic heterocycles. The number of pyridine rings is 1. The molecule has 1 aromatic carbocycles. The summed E-state index contributed by atoms with van der Waals surface area (Å²) in [6.07, 6.45) is 1.49. The topological polar surface area (TPSA) is 71.5 Å². The molecule has 7 heteroatoms. The summed E-state index contributed by atoms with van der Waals surface area (Å²) >= 11 is 6.12. The van der Waals surface area contributed by atoms with Gasteiger partial charge < -0.3 is 15.0 Å². The van der Waals surface area contributed by atoms with Gasteiger partial charge in [0.25, 0.3) is 11.8 Å². The molecule has 1 aromatic heterocycles. The fourth-order valence-electron chi connectivity index (χ4n) is 1.98. The number of nitrogens with zero attached hydrogens (tertiary/aromatic N) is 2. The molecule has 0 aliphatic carbocycles. The lowest BCUT2D eigenvalue weighted by Crippen LogP contribution is -2.22. The van der Waals surface area contributed by atoms with Crippen molar-refractivity contribution in [3.05, 3.63) is 52.7 Å². The number of nitrogens with one attached hydrogen (secondary N) is 1. The van der Waals surface area contributed by atoms with E-state index >= 15 is 0 Å². The van der Waals surface area contributed by atoms with E-state index in [0.29, 0.717) is 34.3 Å². The van der Waals surface area contributed by atoms with Crippen molar-refractivity contribution in [2.24, 2.45) is 0 Å². The summed E-state index contributed by atoms with van der Waals surface area (Å²) in [6.45, 7) is 2.29. The molecule has 0 bridgehead atoms. The highest BCUT2D eigenvalue weighted by atomic mass is 35.5. The predicted octanol–water partition coefficient (Wildman–Crippen LogP) is 3.09. The summed E-state index contributed by atoms with van der Waals surface area (Å²) in [5, 5.41) is 3.05. The largest absolute Gasteiger partial charge is 0.478 e. The highest BCUT2D eigenvalue weighted by Crippen LogP contribution is 2.24. The van der Waals surface area contributed by atoms with Crippen LogP contribution in [0.5, 0.6) is 5.88 Å². The zero-order valence-corrected chi connectivity index (χ0v) is 14.4. The quantitative estimate of drug-likeness (QED) is 0.902. The van der Waals surface area contributed by atoms with Gasteiger partial charge in [-0.1, -0.05) is 11.6 Å². The van der Waals surface area contributed by atoms with Crippen molar-refractivity contribution in [1.29, 1.82) is 0 Å². The molecule has 2 aromatic rings. The minimum Gasteiger partial charge on any atom is -0.478 e. The standard InChI is InChI=1S/C17H18ClN3O3/c1-4-24-15-10-11(7-8-19-15)16(22)20-14-9-12(5-6-13(14)18)17(23)21(2)3/h5-10H,4H2,1-3H3,(H,20,22). The Morgan fingerprint density at radius 2 is 1.96 bits per heavy atom. The van der Waals surface area contributed by atoms with Crippen molar-refractivity contribution < 1.29 is 14.3 Å². The van der Waals surface area contributed by atoms with Crippen LogP contribution in [0.1, 0.15) is 27.6 Å². The van der Waals surface area contributed by atoms with E-state index < -0.39 is 0 Å². The van der Waals surface area contributed by atoms with Crippen LogP contribution >= 0.6 is 11.6 Å². The second-order valence-electron chi connectivity index (χ2n) is 5.16. The number of rotatable bonds is 5. The molecule has 0 fully saturated rings. The molecule has 126 valence electrons. The van der Waals surface area contributed by atoms with Crippen LogP contribution in [0.4, 0.5) is 5.69 Å². The van der Waals surface area contributed by atoms with Gasteiger partial charge in [-0.3, -0.25) is 9.59 Å². The van der Waals surface area contributed by atoms with Gasteiger partial charge in [0.05, 0.1) is 17.3 Å². The smallest absolute Gasteiger partial charge is 0.255 e. The molecule has 0 unspecified atom stereocenters. The van der Waals surface area contributed by atoms with E-state index in [4.69, 9.17) is 16.3 Å². The Hall–Kier alpha value is -2.60. The molecule has 1 N–H and O–H groups in total. The number of carbonyl (C=O) groups excluding carboxylic acids is 2. The molecule has 2 amide bonds. The van der Waals surface area contributed by atoms with Crippen molar-refractivity contribution in [1.82, 2.24) is 9.88 Å². The lowest BCUT2D eigenvalue weighted by atomic mass is 10.1. The SMILES string of the molecule is CCOc1cc(C(=O)Nc2cc(C(=O)N(C)C)ccc2Cl)ccn1. The van der Waals surface area contributed by atoms with Gasteiger partial charge in [-0.2, -0.15) is 0 Å². The maximum atomic E-state index is 12.4. The van der Waals surface area contributed by atoms with Gasteiger partial charge in [0.2, 0.25) is 5.88 Å². The van der Waals surface area contributed by atoms with Crippen LogP contribution in [-0.2, 0) is 0 Å². The van der Waals surface area contributed by atoms with Crippen molar-refractivity contribution in [2.45, 2.75) is 6.92 Å². The lowest BCUT2D eigenvalue weighted by molar-refractivity contribution is 0.0827. The molecule has 0 aliphatic rings. The Morgan fingerprint density at radius 3 is 2.62 bits per heavy atom. The van der Waals surface area contributed by atoms with E-state index in [0.717, 1.165) is 0 Å². The second-order valence-corrected chi connectivity index (χ2v) is 5.57. The van der Waals surface area contributed by atoms with Crippen LogP contribution < -0.4 is 10.1 Å². The Balaban J connectivity index is 2.24. The molecule has 0 atom stereocenters. The molecular formula is C17H18ClN3O3. The molecule has 1 heterocycles. The van der Waals surface area contributed by atoms with Gasteiger partial charge in [-0.05, 0) is 31.2 Å². The van der Waals surface area contributed by atoms with Crippen molar-refractivity contribution in [2.75, 3.05) is 26.0 Å². The van der Waals surface area contributed by atoms with Gasteiger partial charge in [0.1, 0.15) is 0 Å². The average Bonchev–Trinajstić information content (AvgIpc) is 2.56. The number of anilines is 1. The van der Waals surface area contributed by atoms with Crippen LogP contribution in [0.15, 0.2) is 36.5 Å². The first kappa shape index (κ1) is 17.7. The molecule has 0 saturated carbocycles. The van der Waals surface area contributed by atoms with Gasteiger partial charge in [-0.15, -0.1) is 0 Å². The van der Waals surface area contributed by atoms with Crippen LogP contribution in [0, 0.1) is 0 Å². The number of ether oxygens (including phenoxy) is 1. The Bertz CT molecular complexity index is 762. The van der Waals surface area contributed by atoms with Crippen molar-refractivity contribution in [3.8, 4) is 5.88 Å². The zero-order valence-electron chi connectivity index (χ0n) is 13.7. The van der Waals surface area contributed by atoms with Gasteiger partial charge in [0, 0.05) is 37.5 Å². The fourth-order valence-corrected chi connectivity index (χ4v) is 2.15. The van der Waals surface area contributed by atoms with Crippen LogP contribution in [0.25, 0.3) is 0 Å². The molecule has 0 radical (unpaired) electrons. The number of benzene rings is 1. The molecule has 2 rings (SSSR count). The third-order valence-electron chi connectivity index (χ3n) is 3.16. The first-order valence-electron chi connectivity index (χ1n) is 7.33. The number of hydrogen-bond acceptors (Lipinski definition) is 4. The highest BCUT2D eigenvalue weighted by Gasteiger charge is 2.14. The summed E-state index contributed by atoms with van der Waals surface area (Å²) in [4.78, 5) is 29.9. The molecule has 0 spiro atoms. The van der Waals surface area contributed by atoms with E-state index in [9.17, 15) is 9.59 Å². The molecular weight excluding hydrogens is 330 g/mol. The van der Waals surface area contributed by atoms with E-state index in [1.165, 1.54) is 11.1 Å². The molecule has 6 nitrogen and oxygen atoms in total. The zero-order chi connectivity index (χ0) is 17.7. The van der Waals surface area contributed by atoms with E-state index in [1.807, 2.05) is 6.92 Å². The maximum Gasteiger partial charge on any atom is 0.255 e. The van der Waals surface area contributed by atoms with Crippen LogP contribution in [-0.4, -0.2) is 42.4 Å².